The third-order valence-corrected chi connectivity index (χ3v) is 2.78. The quantitative estimate of drug-likeness (QED) is 0.922. The van der Waals surface area contributed by atoms with Crippen molar-refractivity contribution in [2.75, 3.05) is 0 Å². The Morgan fingerprint density at radius 1 is 1.05 bits per heavy atom. The van der Waals surface area contributed by atoms with Crippen LogP contribution in [0.4, 0.5) is 0 Å². The predicted molar refractivity (Wildman–Crippen MR) is 73.0 cm³/mol. The molecule has 4 heteroatoms. The highest BCUT2D eigenvalue weighted by molar-refractivity contribution is 5.46. The fraction of sp³-hybridized carbons (Fsp3) is 0.125. The molecule has 1 N–H and O–H groups in total. The molecule has 0 saturated carbocycles. The molecule has 1 atom stereocenters. The Morgan fingerprint density at radius 3 is 2.40 bits per heavy atom. The average molecular weight is 264 g/mol. The third-order valence-electron chi connectivity index (χ3n) is 2.78. The van der Waals surface area contributed by atoms with Crippen molar-refractivity contribution in [1.82, 2.24) is 0 Å². The smallest absolute Gasteiger partial charge is 0.134 e. The number of nitriles is 2. The van der Waals surface area contributed by atoms with Crippen LogP contribution in [0.2, 0.25) is 0 Å². The van der Waals surface area contributed by atoms with Crippen molar-refractivity contribution in [3.05, 3.63) is 59.2 Å². The molecular formula is C16H12N2O2. The molecule has 0 heterocycles. The Hall–Kier alpha value is -2.82. The molecule has 0 amide bonds. The van der Waals surface area contributed by atoms with Gasteiger partial charge >= 0.3 is 0 Å². The van der Waals surface area contributed by atoms with E-state index in [4.69, 9.17) is 15.3 Å². The molecule has 2 rings (SSSR count). The highest BCUT2D eigenvalue weighted by Gasteiger charge is 2.11. The predicted octanol–water partition coefficient (Wildman–Crippen LogP) is 3.28. The molecule has 0 radical (unpaired) electrons. The van der Waals surface area contributed by atoms with Gasteiger partial charge in [0.25, 0.3) is 0 Å². The van der Waals surface area contributed by atoms with Crippen LogP contribution in [0.1, 0.15) is 29.7 Å². The maximum Gasteiger partial charge on any atom is 0.134 e. The first kappa shape index (κ1) is 13.6. The Morgan fingerprint density at radius 2 is 1.75 bits per heavy atom. The monoisotopic (exact) mass is 264 g/mol. The molecule has 0 aliphatic heterocycles. The summed E-state index contributed by atoms with van der Waals surface area (Å²) in [4.78, 5) is 0. The topological polar surface area (TPSA) is 77.0 Å². The van der Waals surface area contributed by atoms with Crippen molar-refractivity contribution in [2.24, 2.45) is 0 Å². The summed E-state index contributed by atoms with van der Waals surface area (Å²) < 4.78 is 5.69. The van der Waals surface area contributed by atoms with E-state index in [1.54, 1.807) is 49.4 Å². The molecule has 0 fully saturated rings. The molecule has 2 aromatic rings. The van der Waals surface area contributed by atoms with Crippen LogP contribution in [0.3, 0.4) is 0 Å². The first-order valence-corrected chi connectivity index (χ1v) is 6.04. The van der Waals surface area contributed by atoms with Gasteiger partial charge in [-0.05, 0) is 37.3 Å². The second-order valence-corrected chi connectivity index (χ2v) is 4.28. The van der Waals surface area contributed by atoms with Crippen LogP contribution in [0.15, 0.2) is 42.5 Å². The normalized spacial score (nSPS) is 11.2. The van der Waals surface area contributed by atoms with E-state index in [1.165, 1.54) is 0 Å². The first-order chi connectivity index (χ1) is 9.63. The number of nitrogens with zero attached hydrogens (tertiary/aromatic N) is 2. The van der Waals surface area contributed by atoms with Crippen LogP contribution in [-0.4, -0.2) is 5.11 Å². The Kier molecular flexibility index (Phi) is 4.00. The van der Waals surface area contributed by atoms with Crippen LogP contribution in [0.25, 0.3) is 0 Å². The fourth-order valence-electron chi connectivity index (χ4n) is 1.79. The fourth-order valence-corrected chi connectivity index (χ4v) is 1.79. The second kappa shape index (κ2) is 5.88. The van der Waals surface area contributed by atoms with Crippen molar-refractivity contribution in [3.8, 4) is 23.6 Å². The van der Waals surface area contributed by atoms with Crippen molar-refractivity contribution in [2.45, 2.75) is 13.0 Å². The van der Waals surface area contributed by atoms with Gasteiger partial charge in [-0.15, -0.1) is 0 Å². The molecule has 0 spiro atoms. The third kappa shape index (κ3) is 2.95. The van der Waals surface area contributed by atoms with E-state index < -0.39 is 6.10 Å². The maximum absolute atomic E-state index is 9.73. The molecule has 0 unspecified atom stereocenters. The first-order valence-electron chi connectivity index (χ1n) is 6.04. The van der Waals surface area contributed by atoms with Gasteiger partial charge in [0, 0.05) is 5.56 Å². The highest BCUT2D eigenvalue weighted by atomic mass is 16.5. The van der Waals surface area contributed by atoms with Gasteiger partial charge in [0.1, 0.15) is 11.5 Å². The summed E-state index contributed by atoms with van der Waals surface area (Å²) in [5.41, 5.74) is 1.52. The zero-order valence-corrected chi connectivity index (χ0v) is 10.9. The van der Waals surface area contributed by atoms with Crippen LogP contribution >= 0.6 is 0 Å². The van der Waals surface area contributed by atoms with E-state index in [0.717, 1.165) is 0 Å². The molecule has 0 bridgehead atoms. The van der Waals surface area contributed by atoms with Gasteiger partial charge in [-0.25, -0.2) is 0 Å². The summed E-state index contributed by atoms with van der Waals surface area (Å²) in [5.74, 6) is 0.898. The van der Waals surface area contributed by atoms with E-state index in [1.807, 2.05) is 12.1 Å². The van der Waals surface area contributed by atoms with Crippen molar-refractivity contribution < 1.29 is 9.84 Å². The van der Waals surface area contributed by atoms with Crippen molar-refractivity contribution in [1.29, 1.82) is 10.5 Å². The number of rotatable bonds is 3. The number of ether oxygens (including phenoxy) is 1. The minimum absolute atomic E-state index is 0.411. The van der Waals surface area contributed by atoms with Gasteiger partial charge in [-0.3, -0.25) is 0 Å². The molecule has 0 aliphatic rings. The van der Waals surface area contributed by atoms with Gasteiger partial charge in [0.2, 0.25) is 0 Å². The molecule has 0 aliphatic carbocycles. The summed E-state index contributed by atoms with van der Waals surface area (Å²) in [6.45, 7) is 1.62. The second-order valence-electron chi connectivity index (χ2n) is 4.28. The molecule has 0 aromatic heterocycles. The summed E-state index contributed by atoms with van der Waals surface area (Å²) in [6, 6.07) is 15.6. The number of hydrogen-bond acceptors (Lipinski definition) is 4. The summed E-state index contributed by atoms with van der Waals surface area (Å²) in [7, 11) is 0. The van der Waals surface area contributed by atoms with Crippen LogP contribution in [0.5, 0.6) is 11.5 Å². The number of aliphatic hydroxyl groups is 1. The zero-order chi connectivity index (χ0) is 14.5. The van der Waals surface area contributed by atoms with Crippen LogP contribution < -0.4 is 4.74 Å². The van der Waals surface area contributed by atoms with E-state index in [2.05, 4.69) is 0 Å². The molecule has 2 aromatic carbocycles. The standard InChI is InChI=1S/C16H12N2O2/c1-11(19)15-6-5-13(10-18)8-16(15)20-14-4-2-3-12(7-14)9-17/h2-8,11,19H,1H3/t11-/m1/s1. The molecule has 20 heavy (non-hydrogen) atoms. The minimum Gasteiger partial charge on any atom is -0.457 e. The lowest BCUT2D eigenvalue weighted by molar-refractivity contribution is 0.195. The average Bonchev–Trinajstić information content (AvgIpc) is 2.47. The van der Waals surface area contributed by atoms with E-state index in [0.29, 0.717) is 28.2 Å². The van der Waals surface area contributed by atoms with Crippen molar-refractivity contribution >= 4 is 0 Å². The van der Waals surface area contributed by atoms with E-state index >= 15 is 0 Å². The van der Waals surface area contributed by atoms with Gasteiger partial charge < -0.3 is 9.84 Å². The minimum atomic E-state index is -0.711. The van der Waals surface area contributed by atoms with E-state index in [-0.39, 0.29) is 0 Å². The lowest BCUT2D eigenvalue weighted by atomic mass is 10.1. The number of hydrogen-bond donors (Lipinski definition) is 1. The zero-order valence-electron chi connectivity index (χ0n) is 10.9. The van der Waals surface area contributed by atoms with Gasteiger partial charge in [0.15, 0.2) is 0 Å². The van der Waals surface area contributed by atoms with E-state index in [9.17, 15) is 5.11 Å². The lowest BCUT2D eigenvalue weighted by Gasteiger charge is -2.13. The number of aliphatic hydroxyl groups excluding tert-OH is 1. The van der Waals surface area contributed by atoms with Crippen molar-refractivity contribution in [3.63, 3.8) is 0 Å². The van der Waals surface area contributed by atoms with Gasteiger partial charge in [-0.2, -0.15) is 10.5 Å². The van der Waals surface area contributed by atoms with Gasteiger partial charge in [0.05, 0.1) is 29.4 Å². The summed E-state index contributed by atoms with van der Waals surface area (Å²) >= 11 is 0. The lowest BCUT2D eigenvalue weighted by Crippen LogP contribution is -1.97. The highest BCUT2D eigenvalue weighted by Crippen LogP contribution is 2.30. The molecule has 98 valence electrons. The van der Waals surface area contributed by atoms with Crippen LogP contribution in [-0.2, 0) is 0 Å². The SMILES string of the molecule is C[C@@H](O)c1ccc(C#N)cc1Oc1cccc(C#N)c1. The summed E-state index contributed by atoms with van der Waals surface area (Å²) in [5, 5.41) is 27.5. The molecular weight excluding hydrogens is 252 g/mol. The van der Waals surface area contributed by atoms with Crippen LogP contribution in [0, 0.1) is 22.7 Å². The number of benzene rings is 2. The molecule has 0 saturated heterocycles. The molecule has 4 nitrogen and oxygen atoms in total. The Balaban J connectivity index is 2.41. The van der Waals surface area contributed by atoms with Gasteiger partial charge in [-0.1, -0.05) is 12.1 Å². The largest absolute Gasteiger partial charge is 0.457 e. The maximum atomic E-state index is 9.73. The Labute approximate surface area is 117 Å². The Bertz CT molecular complexity index is 709. The summed E-state index contributed by atoms with van der Waals surface area (Å²) in [6.07, 6.45) is -0.711.